The lowest BCUT2D eigenvalue weighted by atomic mass is 10.1. The molecule has 0 unspecified atom stereocenters. The molecule has 4 rings (SSSR count). The molecule has 2 N–H and O–H groups in total. The molecule has 0 spiro atoms. The van der Waals surface area contributed by atoms with E-state index < -0.39 is 0 Å². The van der Waals surface area contributed by atoms with Gasteiger partial charge in [0.05, 0.1) is 21.3 Å². The van der Waals surface area contributed by atoms with Crippen LogP contribution in [0.5, 0.6) is 17.2 Å². The van der Waals surface area contributed by atoms with Crippen LogP contribution >= 0.6 is 0 Å². The topological polar surface area (TPSA) is 99.5 Å². The Hall–Kier alpha value is -4.27. The van der Waals surface area contributed by atoms with E-state index >= 15 is 0 Å². The number of benzene rings is 2. The van der Waals surface area contributed by atoms with Crippen LogP contribution in [0.4, 0.5) is 11.6 Å². The third-order valence-electron chi connectivity index (χ3n) is 5.24. The maximum atomic E-state index is 12.4. The lowest BCUT2D eigenvalue weighted by Gasteiger charge is -2.20. The Kier molecular flexibility index (Phi) is 6.50. The van der Waals surface area contributed by atoms with E-state index in [1.165, 1.54) is 0 Å². The first-order chi connectivity index (χ1) is 16.7. The molecule has 9 heteroatoms. The van der Waals surface area contributed by atoms with Crippen LogP contribution in [0.1, 0.15) is 31.1 Å². The van der Waals surface area contributed by atoms with E-state index in [2.05, 4.69) is 15.6 Å². The molecule has 0 saturated heterocycles. The molecule has 4 aromatic rings. The van der Waals surface area contributed by atoms with Crippen molar-refractivity contribution >= 4 is 28.6 Å². The highest BCUT2D eigenvalue weighted by Crippen LogP contribution is 2.40. The molecule has 0 fully saturated rings. The second-order valence-electron chi connectivity index (χ2n) is 8.95. The Labute approximate surface area is 204 Å². The number of ether oxygens (including phenoxy) is 3. The molecule has 0 aliphatic heterocycles. The van der Waals surface area contributed by atoms with Gasteiger partial charge in [-0.15, -0.1) is 0 Å². The van der Waals surface area contributed by atoms with Crippen molar-refractivity contribution in [1.82, 2.24) is 19.9 Å². The van der Waals surface area contributed by atoms with Crippen molar-refractivity contribution in [1.29, 1.82) is 0 Å². The van der Waals surface area contributed by atoms with Crippen LogP contribution in [-0.2, 0) is 0 Å². The molecule has 35 heavy (non-hydrogen) atoms. The van der Waals surface area contributed by atoms with Crippen molar-refractivity contribution in [2.24, 2.45) is 0 Å². The predicted octanol–water partition coefficient (Wildman–Crippen LogP) is 4.72. The average Bonchev–Trinajstić information content (AvgIpc) is 3.25. The van der Waals surface area contributed by atoms with Gasteiger partial charge in [-0.1, -0.05) is 0 Å². The van der Waals surface area contributed by atoms with Gasteiger partial charge in [-0.2, -0.15) is 4.98 Å². The molecule has 2 aromatic heterocycles. The van der Waals surface area contributed by atoms with Crippen molar-refractivity contribution in [3.05, 3.63) is 60.4 Å². The van der Waals surface area contributed by atoms with Crippen LogP contribution < -0.4 is 24.8 Å². The second-order valence-corrected chi connectivity index (χ2v) is 8.95. The molecule has 0 aliphatic carbocycles. The van der Waals surface area contributed by atoms with Gasteiger partial charge in [0.1, 0.15) is 5.65 Å². The van der Waals surface area contributed by atoms with Crippen LogP contribution in [0.3, 0.4) is 0 Å². The second kappa shape index (κ2) is 9.54. The largest absolute Gasteiger partial charge is 0.493 e. The first kappa shape index (κ1) is 23.9. The summed E-state index contributed by atoms with van der Waals surface area (Å²) in [7, 11) is 4.69. The SMILES string of the molecule is COc1cc(Nc2ncc3ccn(-c4ccc(C(=O)NC(C)(C)C)cc4)c3n2)cc(OC)c1OC. The van der Waals surface area contributed by atoms with Gasteiger partial charge in [-0.25, -0.2) is 4.98 Å². The van der Waals surface area contributed by atoms with Crippen molar-refractivity contribution in [2.75, 3.05) is 26.6 Å². The summed E-state index contributed by atoms with van der Waals surface area (Å²) in [6.07, 6.45) is 3.68. The van der Waals surface area contributed by atoms with E-state index in [1.54, 1.807) is 51.8 Å². The third kappa shape index (κ3) is 5.13. The number of hydrogen-bond donors (Lipinski definition) is 2. The molecule has 0 saturated carbocycles. The maximum absolute atomic E-state index is 12.4. The van der Waals surface area contributed by atoms with Crippen molar-refractivity contribution in [3.8, 4) is 22.9 Å². The molecule has 1 amide bonds. The number of methoxy groups -OCH3 is 3. The van der Waals surface area contributed by atoms with Gasteiger partial charge in [-0.05, 0) is 51.1 Å². The summed E-state index contributed by atoms with van der Waals surface area (Å²) in [6.45, 7) is 5.86. The zero-order valence-corrected chi connectivity index (χ0v) is 20.7. The Bertz CT molecular complexity index is 1330. The van der Waals surface area contributed by atoms with Crippen molar-refractivity contribution in [2.45, 2.75) is 26.3 Å². The summed E-state index contributed by atoms with van der Waals surface area (Å²) >= 11 is 0. The maximum Gasteiger partial charge on any atom is 0.251 e. The predicted molar refractivity (Wildman–Crippen MR) is 135 cm³/mol. The summed E-state index contributed by atoms with van der Waals surface area (Å²) in [4.78, 5) is 21.6. The van der Waals surface area contributed by atoms with Crippen molar-refractivity contribution < 1.29 is 19.0 Å². The number of amides is 1. The Morgan fingerprint density at radius 3 is 2.17 bits per heavy atom. The molecule has 9 nitrogen and oxygen atoms in total. The molecule has 2 aromatic carbocycles. The lowest BCUT2D eigenvalue weighted by Crippen LogP contribution is -2.40. The highest BCUT2D eigenvalue weighted by molar-refractivity contribution is 5.94. The van der Waals surface area contributed by atoms with Gasteiger partial charge < -0.3 is 29.4 Å². The van der Waals surface area contributed by atoms with Gasteiger partial charge in [0.15, 0.2) is 11.5 Å². The molecule has 0 bridgehead atoms. The molecular weight excluding hydrogens is 446 g/mol. The summed E-state index contributed by atoms with van der Waals surface area (Å²) in [5.41, 5.74) is 2.59. The summed E-state index contributed by atoms with van der Waals surface area (Å²) in [6, 6.07) is 12.9. The van der Waals surface area contributed by atoms with E-state index in [9.17, 15) is 4.79 Å². The lowest BCUT2D eigenvalue weighted by molar-refractivity contribution is 0.0919. The normalized spacial score (nSPS) is 11.3. The zero-order chi connectivity index (χ0) is 25.2. The number of hydrogen-bond acceptors (Lipinski definition) is 7. The Balaban J connectivity index is 1.63. The number of fused-ring (bicyclic) bond motifs is 1. The van der Waals surface area contributed by atoms with E-state index in [4.69, 9.17) is 19.2 Å². The first-order valence-electron chi connectivity index (χ1n) is 11.1. The number of aromatic nitrogens is 3. The van der Waals surface area contributed by atoms with Crippen LogP contribution in [0.15, 0.2) is 54.9 Å². The molecule has 182 valence electrons. The van der Waals surface area contributed by atoms with E-state index in [0.29, 0.717) is 34.4 Å². The Morgan fingerprint density at radius 1 is 0.943 bits per heavy atom. The highest BCUT2D eigenvalue weighted by atomic mass is 16.5. The fourth-order valence-electron chi connectivity index (χ4n) is 3.66. The number of carbonyl (C=O) groups excluding carboxylic acids is 1. The minimum Gasteiger partial charge on any atom is -0.493 e. The molecular formula is C26H29N5O4. The van der Waals surface area contributed by atoms with Gasteiger partial charge >= 0.3 is 0 Å². The van der Waals surface area contributed by atoms with Gasteiger partial charge in [0.25, 0.3) is 5.91 Å². The molecule has 0 aliphatic rings. The molecule has 2 heterocycles. The fraction of sp³-hybridized carbons (Fsp3) is 0.269. The molecule has 0 atom stereocenters. The number of nitrogens with one attached hydrogen (secondary N) is 2. The van der Waals surface area contributed by atoms with Crippen LogP contribution in [0, 0.1) is 0 Å². The van der Waals surface area contributed by atoms with Crippen LogP contribution in [-0.4, -0.2) is 47.3 Å². The number of rotatable bonds is 7. The monoisotopic (exact) mass is 475 g/mol. The number of anilines is 2. The highest BCUT2D eigenvalue weighted by Gasteiger charge is 2.16. The zero-order valence-electron chi connectivity index (χ0n) is 20.7. The quantitative estimate of drug-likeness (QED) is 0.399. The summed E-state index contributed by atoms with van der Waals surface area (Å²) in [5, 5.41) is 7.06. The molecule has 0 radical (unpaired) electrons. The van der Waals surface area contributed by atoms with Crippen LogP contribution in [0.25, 0.3) is 16.7 Å². The van der Waals surface area contributed by atoms with E-state index in [1.807, 2.05) is 49.7 Å². The van der Waals surface area contributed by atoms with Crippen LogP contribution in [0.2, 0.25) is 0 Å². The van der Waals surface area contributed by atoms with E-state index in [0.717, 1.165) is 16.7 Å². The van der Waals surface area contributed by atoms with Gasteiger partial charge in [0, 0.05) is 52.4 Å². The number of carbonyl (C=O) groups is 1. The minimum atomic E-state index is -0.301. The van der Waals surface area contributed by atoms with E-state index in [-0.39, 0.29) is 11.4 Å². The smallest absolute Gasteiger partial charge is 0.251 e. The summed E-state index contributed by atoms with van der Waals surface area (Å²) < 4.78 is 18.2. The van der Waals surface area contributed by atoms with Crippen molar-refractivity contribution in [3.63, 3.8) is 0 Å². The first-order valence-corrected chi connectivity index (χ1v) is 11.1. The summed E-state index contributed by atoms with van der Waals surface area (Å²) in [5.74, 6) is 1.85. The number of nitrogens with zero attached hydrogens (tertiary/aromatic N) is 3. The van der Waals surface area contributed by atoms with Gasteiger partial charge in [-0.3, -0.25) is 4.79 Å². The Morgan fingerprint density at radius 2 is 1.60 bits per heavy atom. The fourth-order valence-corrected chi connectivity index (χ4v) is 3.66. The van der Waals surface area contributed by atoms with Gasteiger partial charge in [0.2, 0.25) is 11.7 Å². The minimum absolute atomic E-state index is 0.111. The standard InChI is InChI=1S/C26H29N5O4/c1-26(2,3)30-24(32)16-7-9-19(10-8-16)31-12-11-17-15-27-25(29-23(17)31)28-18-13-20(33-4)22(35-6)21(14-18)34-5/h7-15H,1-6H3,(H,30,32)(H,27,28,29). The third-order valence-corrected chi connectivity index (χ3v) is 5.24. The average molecular weight is 476 g/mol.